The summed E-state index contributed by atoms with van der Waals surface area (Å²) in [4.78, 5) is 0. The molecule has 0 fully saturated rings. The third-order valence-electron chi connectivity index (χ3n) is 0. The molecule has 0 aliphatic heterocycles. The summed E-state index contributed by atoms with van der Waals surface area (Å²) in [6.07, 6.45) is 0. The molecular formula is H13AlO5Zr2. The Kier molecular flexibility index (Phi) is 3210. The fraction of sp³-hybridized carbons (Fsp3) is 0. The third-order valence-corrected chi connectivity index (χ3v) is 0. The molecule has 0 aromatic rings. The Morgan fingerprint density at radius 1 is 0.375 bits per heavy atom. The summed E-state index contributed by atoms with van der Waals surface area (Å²) < 4.78 is 0. The molecule has 10 N–H and O–H groups in total. The second-order valence-electron chi connectivity index (χ2n) is 0. The SMILES string of the molecule is O.O.O.O.O.[AlH3].[Zr].[Zr]. The minimum atomic E-state index is 0. The predicted molar refractivity (Wildman–Crippen MR) is 28.0 cm³/mol. The molecule has 0 saturated heterocycles. The Morgan fingerprint density at radius 3 is 0.375 bits per heavy atom. The molecule has 8 heteroatoms. The summed E-state index contributed by atoms with van der Waals surface area (Å²) in [5.41, 5.74) is 0. The van der Waals surface area contributed by atoms with Crippen molar-refractivity contribution in [2.24, 2.45) is 0 Å². The maximum Gasteiger partial charge on any atom is 0.187 e. The minimum absolute atomic E-state index is 0. The number of hydrogen-bond acceptors (Lipinski definition) is 0. The van der Waals surface area contributed by atoms with Crippen LogP contribution in [0.25, 0.3) is 0 Å². The van der Waals surface area contributed by atoms with Crippen LogP contribution in [0.2, 0.25) is 0 Å². The molecule has 0 atom stereocenters. The summed E-state index contributed by atoms with van der Waals surface area (Å²) in [7, 11) is 0. The first-order chi connectivity index (χ1) is 0. The Balaban J connectivity index is 0. The summed E-state index contributed by atoms with van der Waals surface area (Å²) in [6.45, 7) is 0. The van der Waals surface area contributed by atoms with Gasteiger partial charge in [-0.25, -0.2) is 0 Å². The zero-order chi connectivity index (χ0) is 0. The van der Waals surface area contributed by atoms with E-state index in [4.69, 9.17) is 0 Å². The van der Waals surface area contributed by atoms with E-state index in [1.165, 1.54) is 0 Å². The van der Waals surface area contributed by atoms with Crippen molar-refractivity contribution in [1.29, 1.82) is 0 Å². The van der Waals surface area contributed by atoms with Gasteiger partial charge in [0, 0.05) is 52.4 Å². The Hall–Kier alpha value is 2.10. The van der Waals surface area contributed by atoms with Crippen LogP contribution in [0, 0.1) is 0 Å². The van der Waals surface area contributed by atoms with Crippen LogP contribution in [0.4, 0.5) is 0 Å². The van der Waals surface area contributed by atoms with Crippen molar-refractivity contribution in [2.75, 3.05) is 0 Å². The van der Waals surface area contributed by atoms with E-state index in [0.29, 0.717) is 0 Å². The monoisotopic (exact) mass is 300 g/mol. The quantitative estimate of drug-likeness (QED) is 0.392. The Labute approximate surface area is 96.1 Å². The first kappa shape index (κ1) is 190. The van der Waals surface area contributed by atoms with Gasteiger partial charge >= 0.3 is 0 Å². The fourth-order valence-corrected chi connectivity index (χ4v) is 0. The van der Waals surface area contributed by atoms with E-state index in [0.717, 1.165) is 0 Å². The molecule has 0 radical (unpaired) electrons. The van der Waals surface area contributed by atoms with Gasteiger partial charge < -0.3 is 27.4 Å². The second kappa shape index (κ2) is 135. The molecule has 5 nitrogen and oxygen atoms in total. The van der Waals surface area contributed by atoms with E-state index >= 15 is 0 Å². The summed E-state index contributed by atoms with van der Waals surface area (Å²) in [6, 6.07) is 0. The smallest absolute Gasteiger partial charge is 0.187 e. The number of hydrogen-bond donors (Lipinski definition) is 0. The van der Waals surface area contributed by atoms with Crippen molar-refractivity contribution < 1.29 is 79.8 Å². The van der Waals surface area contributed by atoms with Crippen molar-refractivity contribution in [1.82, 2.24) is 0 Å². The topological polar surface area (TPSA) is 158 Å². The van der Waals surface area contributed by atoms with Gasteiger partial charge in [0.25, 0.3) is 0 Å². The van der Waals surface area contributed by atoms with Crippen LogP contribution in [0.5, 0.6) is 0 Å². The predicted octanol–water partition coefficient (Wildman–Crippen LogP) is -5.31. The molecule has 0 aromatic carbocycles. The largest absolute Gasteiger partial charge is 0.412 e. The standard InChI is InChI=1S/Al.5H2O.2Zr.3H/h;5*1H2;;;;;. The van der Waals surface area contributed by atoms with E-state index in [9.17, 15) is 0 Å². The molecule has 8 heavy (non-hydrogen) atoms. The van der Waals surface area contributed by atoms with Gasteiger partial charge in [-0.2, -0.15) is 0 Å². The van der Waals surface area contributed by atoms with E-state index in [1.54, 1.807) is 0 Å². The van der Waals surface area contributed by atoms with E-state index in [2.05, 4.69) is 0 Å². The third kappa shape index (κ3) is 92.7. The van der Waals surface area contributed by atoms with Gasteiger partial charge in [-0.15, -0.1) is 0 Å². The van der Waals surface area contributed by atoms with Crippen LogP contribution in [0.3, 0.4) is 0 Å². The first-order valence-electron chi connectivity index (χ1n) is 0. The molecule has 0 aromatic heterocycles. The van der Waals surface area contributed by atoms with Gasteiger partial charge in [-0.05, 0) is 0 Å². The zero-order valence-corrected chi connectivity index (χ0v) is 8.42. The van der Waals surface area contributed by atoms with Crippen LogP contribution < -0.4 is 0 Å². The molecular weight excluding hydrogens is 289 g/mol. The molecule has 0 amide bonds. The fourth-order valence-electron chi connectivity index (χ4n) is 0. The number of rotatable bonds is 0. The first-order valence-corrected chi connectivity index (χ1v) is 0. The van der Waals surface area contributed by atoms with Crippen molar-refractivity contribution in [2.45, 2.75) is 0 Å². The maximum absolute atomic E-state index is 0. The van der Waals surface area contributed by atoms with Gasteiger partial charge in [0.05, 0.1) is 0 Å². The van der Waals surface area contributed by atoms with Gasteiger partial charge in [-0.3, -0.25) is 0 Å². The summed E-state index contributed by atoms with van der Waals surface area (Å²) >= 11 is 0. The summed E-state index contributed by atoms with van der Waals surface area (Å²) in [5, 5.41) is 0. The van der Waals surface area contributed by atoms with E-state index < -0.39 is 0 Å². The Bertz CT molecular complexity index is 10.4. The molecule has 54 valence electrons. The maximum atomic E-state index is 0. The normalized spacial score (nSPS) is 0. The molecule has 0 aliphatic rings. The average Bonchev–Trinajstić information content (AvgIpc) is 0. The van der Waals surface area contributed by atoms with Crippen molar-refractivity contribution in [3.63, 3.8) is 0 Å². The van der Waals surface area contributed by atoms with Crippen LogP contribution >= 0.6 is 0 Å². The molecule has 0 unspecified atom stereocenters. The van der Waals surface area contributed by atoms with Crippen LogP contribution in [0.1, 0.15) is 0 Å². The molecule has 0 aliphatic carbocycles. The van der Waals surface area contributed by atoms with E-state index in [-0.39, 0.29) is 97.1 Å². The summed E-state index contributed by atoms with van der Waals surface area (Å²) in [5.74, 6) is 0. The van der Waals surface area contributed by atoms with Gasteiger partial charge in [0.1, 0.15) is 0 Å². The van der Waals surface area contributed by atoms with Crippen molar-refractivity contribution in [3.8, 4) is 0 Å². The average molecular weight is 303 g/mol. The van der Waals surface area contributed by atoms with Crippen molar-refractivity contribution in [3.05, 3.63) is 0 Å². The van der Waals surface area contributed by atoms with Crippen LogP contribution in [0.15, 0.2) is 0 Å². The molecule has 0 bridgehead atoms. The zero-order valence-electron chi connectivity index (χ0n) is 3.50. The van der Waals surface area contributed by atoms with Crippen LogP contribution in [-0.4, -0.2) is 44.7 Å². The molecule has 0 spiro atoms. The minimum Gasteiger partial charge on any atom is -0.412 e. The van der Waals surface area contributed by atoms with Crippen LogP contribution in [-0.2, 0) is 52.4 Å². The molecule has 0 saturated carbocycles. The van der Waals surface area contributed by atoms with Gasteiger partial charge in [0.2, 0.25) is 0 Å². The van der Waals surface area contributed by atoms with Gasteiger partial charge in [0.15, 0.2) is 17.4 Å². The van der Waals surface area contributed by atoms with E-state index in [1.807, 2.05) is 0 Å². The van der Waals surface area contributed by atoms with Gasteiger partial charge in [-0.1, -0.05) is 0 Å². The second-order valence-corrected chi connectivity index (χ2v) is 0. The molecule has 0 heterocycles. The van der Waals surface area contributed by atoms with Crippen molar-refractivity contribution >= 4 is 17.4 Å². The Morgan fingerprint density at radius 2 is 0.375 bits per heavy atom. The molecule has 0 rings (SSSR count).